The molecule has 0 aliphatic heterocycles. The maximum atomic E-state index is 7.11. The average Bonchev–Trinajstić information content (AvgIpc) is 2.97. The Morgan fingerprint density at radius 1 is 1.44 bits per heavy atom. The number of aromatic amines is 1. The first-order valence-electron chi connectivity index (χ1n) is 6.32. The first kappa shape index (κ1) is 11.3. The van der Waals surface area contributed by atoms with E-state index in [0.717, 1.165) is 23.7 Å². The van der Waals surface area contributed by atoms with Crippen molar-refractivity contribution in [1.29, 1.82) is 0 Å². The molecular formula is C15H17N3. The largest absolute Gasteiger partial charge is 0.361 e. The smallest absolute Gasteiger partial charge is 0.187 e. The fourth-order valence-corrected chi connectivity index (χ4v) is 2.81. The van der Waals surface area contributed by atoms with Crippen molar-refractivity contribution in [2.24, 2.45) is 5.92 Å². The number of rotatable bonds is 3. The van der Waals surface area contributed by atoms with Crippen molar-refractivity contribution in [1.82, 2.24) is 9.88 Å². The molecule has 0 radical (unpaired) electrons. The summed E-state index contributed by atoms with van der Waals surface area (Å²) in [6, 6.07) is 5.90. The summed E-state index contributed by atoms with van der Waals surface area (Å²) in [5, 5.41) is 1.23. The van der Waals surface area contributed by atoms with E-state index >= 15 is 0 Å². The van der Waals surface area contributed by atoms with E-state index in [-0.39, 0.29) is 0 Å². The van der Waals surface area contributed by atoms with Gasteiger partial charge in [-0.3, -0.25) is 0 Å². The molecule has 2 unspecified atom stereocenters. The van der Waals surface area contributed by atoms with Gasteiger partial charge >= 0.3 is 0 Å². The van der Waals surface area contributed by atoms with E-state index in [0.29, 0.717) is 5.92 Å². The molecule has 3 rings (SSSR count). The van der Waals surface area contributed by atoms with Crippen LogP contribution in [0.15, 0.2) is 24.4 Å². The molecule has 0 bridgehead atoms. The lowest BCUT2D eigenvalue weighted by molar-refractivity contribution is 0.385. The maximum absolute atomic E-state index is 7.11. The van der Waals surface area contributed by atoms with E-state index in [1.165, 1.54) is 17.4 Å². The lowest BCUT2D eigenvalue weighted by Gasteiger charge is -2.08. The minimum absolute atomic E-state index is 0.669. The highest BCUT2D eigenvalue weighted by molar-refractivity contribution is 5.87. The van der Waals surface area contributed by atoms with Crippen molar-refractivity contribution in [3.05, 3.63) is 41.4 Å². The quantitative estimate of drug-likeness (QED) is 0.815. The molecule has 92 valence electrons. The van der Waals surface area contributed by atoms with E-state index in [9.17, 15) is 0 Å². The lowest BCUT2D eigenvalue weighted by atomic mass is 10.1. The monoisotopic (exact) mass is 239 g/mol. The Balaban J connectivity index is 1.92. The van der Waals surface area contributed by atoms with Crippen LogP contribution in [0.4, 0.5) is 5.69 Å². The fourth-order valence-electron chi connectivity index (χ4n) is 2.81. The molecule has 1 fully saturated rings. The summed E-state index contributed by atoms with van der Waals surface area (Å²) in [4.78, 5) is 9.09. The third-order valence-electron chi connectivity index (χ3n) is 3.75. The zero-order valence-electron chi connectivity index (χ0n) is 10.8. The van der Waals surface area contributed by atoms with Crippen molar-refractivity contribution < 1.29 is 0 Å². The number of aromatic nitrogens is 1. The average molecular weight is 239 g/mol. The number of H-pyrrole nitrogens is 1. The van der Waals surface area contributed by atoms with Crippen LogP contribution in [-0.4, -0.2) is 30.5 Å². The summed E-state index contributed by atoms with van der Waals surface area (Å²) in [5.74, 6) is 1.44. The van der Waals surface area contributed by atoms with Gasteiger partial charge in [0.1, 0.15) is 0 Å². The van der Waals surface area contributed by atoms with Crippen molar-refractivity contribution in [2.45, 2.75) is 12.3 Å². The standard InChI is InChI=1S/C15H17N3/c1-16-11-4-5-15-13(7-11)14(8-17-15)12-6-10(12)9-18(2)3/h4-5,7-8,10,12,17H,6,9H2,2-3H3. The van der Waals surface area contributed by atoms with Gasteiger partial charge in [-0.25, -0.2) is 4.85 Å². The second-order valence-corrected chi connectivity index (χ2v) is 5.45. The first-order valence-corrected chi connectivity index (χ1v) is 6.32. The van der Waals surface area contributed by atoms with Crippen LogP contribution >= 0.6 is 0 Å². The lowest BCUT2D eigenvalue weighted by Crippen LogP contribution is -2.15. The highest BCUT2D eigenvalue weighted by Gasteiger charge is 2.39. The molecule has 18 heavy (non-hydrogen) atoms. The molecule has 1 N–H and O–H groups in total. The van der Waals surface area contributed by atoms with Gasteiger partial charge in [0.25, 0.3) is 0 Å². The molecule has 1 heterocycles. The third-order valence-corrected chi connectivity index (χ3v) is 3.75. The minimum atomic E-state index is 0.669. The highest BCUT2D eigenvalue weighted by Crippen LogP contribution is 2.49. The number of hydrogen-bond donors (Lipinski definition) is 1. The molecule has 3 nitrogen and oxygen atoms in total. The van der Waals surface area contributed by atoms with Gasteiger partial charge in [0, 0.05) is 18.3 Å². The normalized spacial score (nSPS) is 22.3. The minimum Gasteiger partial charge on any atom is -0.361 e. The predicted octanol–water partition coefficient (Wildman–Crippen LogP) is 3.38. The van der Waals surface area contributed by atoms with Gasteiger partial charge in [-0.15, -0.1) is 0 Å². The van der Waals surface area contributed by atoms with Crippen molar-refractivity contribution in [3.8, 4) is 0 Å². The first-order chi connectivity index (χ1) is 8.69. The molecule has 1 saturated carbocycles. The number of nitrogens with zero attached hydrogens (tertiary/aromatic N) is 2. The Morgan fingerprint density at radius 2 is 2.28 bits per heavy atom. The molecule has 0 spiro atoms. The van der Waals surface area contributed by atoms with Crippen LogP contribution in [0.5, 0.6) is 0 Å². The number of hydrogen-bond acceptors (Lipinski definition) is 1. The summed E-state index contributed by atoms with van der Waals surface area (Å²) in [6.45, 7) is 8.26. The predicted molar refractivity (Wildman–Crippen MR) is 74.0 cm³/mol. The molecule has 1 aliphatic rings. The molecule has 2 aromatic rings. The fraction of sp³-hybridized carbons (Fsp3) is 0.400. The van der Waals surface area contributed by atoms with Crippen LogP contribution in [-0.2, 0) is 0 Å². The van der Waals surface area contributed by atoms with Crippen LogP contribution in [0.25, 0.3) is 15.7 Å². The second-order valence-electron chi connectivity index (χ2n) is 5.45. The number of nitrogens with one attached hydrogen (secondary N) is 1. The van der Waals surface area contributed by atoms with E-state index in [1.807, 2.05) is 18.2 Å². The Hall–Kier alpha value is -1.79. The molecule has 0 amide bonds. The van der Waals surface area contributed by atoms with Crippen LogP contribution in [0.2, 0.25) is 0 Å². The van der Waals surface area contributed by atoms with Gasteiger partial charge in [-0.2, -0.15) is 0 Å². The topological polar surface area (TPSA) is 23.4 Å². The third kappa shape index (κ3) is 1.89. The molecule has 1 aromatic heterocycles. The van der Waals surface area contributed by atoms with Crippen LogP contribution in [0.1, 0.15) is 17.9 Å². The van der Waals surface area contributed by atoms with Crippen LogP contribution in [0, 0.1) is 12.5 Å². The van der Waals surface area contributed by atoms with Crippen LogP contribution < -0.4 is 0 Å². The molecule has 2 atom stereocenters. The van der Waals surface area contributed by atoms with Gasteiger partial charge < -0.3 is 9.88 Å². The van der Waals surface area contributed by atoms with E-state index in [4.69, 9.17) is 6.57 Å². The Bertz CT molecular complexity index is 618. The van der Waals surface area contributed by atoms with Gasteiger partial charge in [0.15, 0.2) is 5.69 Å². The molecule has 1 aromatic carbocycles. The Kier molecular flexibility index (Phi) is 2.61. The Morgan fingerprint density at radius 3 is 3.00 bits per heavy atom. The van der Waals surface area contributed by atoms with E-state index in [1.54, 1.807) is 0 Å². The van der Waals surface area contributed by atoms with Gasteiger partial charge in [0.2, 0.25) is 0 Å². The van der Waals surface area contributed by atoms with Crippen molar-refractivity contribution in [2.75, 3.05) is 20.6 Å². The van der Waals surface area contributed by atoms with Gasteiger partial charge in [0.05, 0.1) is 6.57 Å². The second kappa shape index (κ2) is 4.15. The maximum Gasteiger partial charge on any atom is 0.187 e. The Labute approximate surface area is 107 Å². The summed E-state index contributed by atoms with van der Waals surface area (Å²) in [7, 11) is 4.25. The summed E-state index contributed by atoms with van der Waals surface area (Å²) >= 11 is 0. The number of fused-ring (bicyclic) bond motifs is 1. The van der Waals surface area contributed by atoms with Crippen molar-refractivity contribution >= 4 is 16.6 Å². The van der Waals surface area contributed by atoms with Gasteiger partial charge in [-0.1, -0.05) is 6.07 Å². The molecule has 3 heteroatoms. The summed E-state index contributed by atoms with van der Waals surface area (Å²) < 4.78 is 0. The van der Waals surface area contributed by atoms with E-state index in [2.05, 4.69) is 35.0 Å². The van der Waals surface area contributed by atoms with Crippen LogP contribution in [0.3, 0.4) is 0 Å². The summed E-state index contributed by atoms with van der Waals surface area (Å²) in [6.07, 6.45) is 3.39. The van der Waals surface area contributed by atoms with Gasteiger partial charge in [-0.05, 0) is 55.4 Å². The molecular weight excluding hydrogens is 222 g/mol. The number of benzene rings is 1. The summed E-state index contributed by atoms with van der Waals surface area (Å²) in [5.41, 5.74) is 3.27. The highest BCUT2D eigenvalue weighted by atomic mass is 15.1. The molecule has 0 saturated heterocycles. The SMILES string of the molecule is [C-]#[N+]c1ccc2[nH]cc(C3CC3CN(C)C)c2c1. The zero-order valence-corrected chi connectivity index (χ0v) is 10.8. The van der Waals surface area contributed by atoms with E-state index < -0.39 is 0 Å². The molecule has 1 aliphatic carbocycles. The van der Waals surface area contributed by atoms with Crippen molar-refractivity contribution in [3.63, 3.8) is 0 Å². The zero-order chi connectivity index (χ0) is 12.7.